The topological polar surface area (TPSA) is 4.93 Å². The van der Waals surface area contributed by atoms with Crippen molar-refractivity contribution in [2.24, 2.45) is 0 Å². The highest BCUT2D eigenvalue weighted by atomic mass is 35.5. The molecular formula is C15H22ClNSi. The van der Waals surface area contributed by atoms with Crippen LogP contribution in [0.5, 0.6) is 0 Å². The molecule has 0 saturated carbocycles. The summed E-state index contributed by atoms with van der Waals surface area (Å²) < 4.78 is 2.47. The van der Waals surface area contributed by atoms with Gasteiger partial charge in [-0.2, -0.15) is 0 Å². The lowest BCUT2D eigenvalue weighted by Crippen LogP contribution is -2.47. The number of rotatable bonds is 1. The van der Waals surface area contributed by atoms with E-state index in [0.717, 1.165) is 5.02 Å². The average Bonchev–Trinajstić information content (AvgIpc) is 2.56. The average molecular weight is 280 g/mol. The molecule has 0 bridgehead atoms. The smallest absolute Gasteiger partial charge is 0.0985 e. The van der Waals surface area contributed by atoms with Crippen LogP contribution in [0.25, 0.3) is 10.9 Å². The number of halogens is 1. The third-order valence-electron chi connectivity index (χ3n) is 3.23. The first-order valence-corrected chi connectivity index (χ1v) is 10.3. The molecule has 2 aromatic rings. The molecule has 3 heteroatoms. The van der Waals surface area contributed by atoms with Crippen molar-refractivity contribution in [3.63, 3.8) is 0 Å². The number of hydrogen-bond donors (Lipinski definition) is 0. The van der Waals surface area contributed by atoms with E-state index in [9.17, 15) is 0 Å². The van der Waals surface area contributed by atoms with Gasteiger partial charge in [-0.15, -0.1) is 0 Å². The molecule has 1 nitrogen and oxygen atoms in total. The molecule has 0 aliphatic rings. The Morgan fingerprint density at radius 1 is 1.11 bits per heavy atom. The number of nitrogens with zero attached hydrogens (tertiary/aromatic N) is 1. The van der Waals surface area contributed by atoms with Crippen LogP contribution < -0.4 is 5.32 Å². The predicted octanol–water partition coefficient (Wildman–Crippen LogP) is 4.59. The zero-order valence-corrected chi connectivity index (χ0v) is 13.9. The van der Waals surface area contributed by atoms with Crippen LogP contribution in [0.1, 0.15) is 20.8 Å². The van der Waals surface area contributed by atoms with Crippen molar-refractivity contribution in [1.29, 1.82) is 0 Å². The summed E-state index contributed by atoms with van der Waals surface area (Å²) in [4.78, 5) is 0. The fourth-order valence-corrected chi connectivity index (χ4v) is 4.40. The monoisotopic (exact) mass is 279 g/mol. The third-order valence-corrected chi connectivity index (χ3v) is 5.47. The maximum absolute atomic E-state index is 6.34. The lowest BCUT2D eigenvalue weighted by molar-refractivity contribution is 0.419. The summed E-state index contributed by atoms with van der Waals surface area (Å²) >= 11 is 6.34. The minimum absolute atomic E-state index is 0.0854. The van der Waals surface area contributed by atoms with Gasteiger partial charge >= 0.3 is 0 Å². The van der Waals surface area contributed by atoms with Crippen LogP contribution in [0.2, 0.25) is 24.7 Å². The standard InChI is InChI=1S/C15H22ClNSi/c1-15(2,3)17-13-9-7-8-12(16)11(13)10-14(17)18(4,5)6/h7-10H,1-6H3. The Labute approximate surface area is 116 Å². The summed E-state index contributed by atoms with van der Waals surface area (Å²) in [5.41, 5.74) is 1.34. The van der Waals surface area contributed by atoms with E-state index in [4.69, 9.17) is 11.6 Å². The zero-order valence-electron chi connectivity index (χ0n) is 12.1. The number of fused-ring (bicyclic) bond motifs is 1. The molecule has 0 N–H and O–H groups in total. The normalized spacial score (nSPS) is 13.3. The quantitative estimate of drug-likeness (QED) is 0.673. The van der Waals surface area contributed by atoms with Crippen molar-refractivity contribution in [1.82, 2.24) is 4.57 Å². The maximum Gasteiger partial charge on any atom is 0.0985 e. The molecule has 0 fully saturated rings. The van der Waals surface area contributed by atoms with E-state index < -0.39 is 8.07 Å². The van der Waals surface area contributed by atoms with Crippen molar-refractivity contribution in [2.75, 3.05) is 0 Å². The molecule has 1 aromatic carbocycles. The van der Waals surface area contributed by atoms with Crippen LogP contribution in [0, 0.1) is 0 Å². The largest absolute Gasteiger partial charge is 0.343 e. The number of benzene rings is 1. The fraction of sp³-hybridized carbons (Fsp3) is 0.467. The second-order valence-corrected chi connectivity index (χ2v) is 12.4. The van der Waals surface area contributed by atoms with Gasteiger partial charge in [-0.25, -0.2) is 0 Å². The Kier molecular flexibility index (Phi) is 3.15. The molecule has 1 aromatic heterocycles. The van der Waals surface area contributed by atoms with Crippen LogP contribution in [-0.2, 0) is 5.54 Å². The highest BCUT2D eigenvalue weighted by molar-refractivity contribution is 6.88. The second-order valence-electron chi connectivity index (χ2n) is 6.96. The number of hydrogen-bond acceptors (Lipinski definition) is 0. The van der Waals surface area contributed by atoms with Crippen molar-refractivity contribution in [2.45, 2.75) is 46.0 Å². The Balaban J connectivity index is 2.91. The van der Waals surface area contributed by atoms with Gasteiger partial charge in [0, 0.05) is 26.8 Å². The Bertz CT molecular complexity index is 585. The molecule has 2 rings (SSSR count). The van der Waals surface area contributed by atoms with Crippen molar-refractivity contribution >= 4 is 35.9 Å². The molecule has 0 amide bonds. The molecule has 0 aliphatic carbocycles. The molecule has 98 valence electrons. The SMILES string of the molecule is CC(C)(C)n1c([Si](C)(C)C)cc2c(Cl)cccc21. The lowest BCUT2D eigenvalue weighted by Gasteiger charge is -2.30. The molecule has 1 heterocycles. The molecule has 0 unspecified atom stereocenters. The molecule has 0 saturated heterocycles. The van der Waals surface area contributed by atoms with Gasteiger partial charge in [-0.1, -0.05) is 37.3 Å². The number of aromatic nitrogens is 1. The van der Waals surface area contributed by atoms with Crippen LogP contribution in [0.4, 0.5) is 0 Å². The summed E-state index contributed by atoms with van der Waals surface area (Å²) in [6.45, 7) is 13.9. The summed E-state index contributed by atoms with van der Waals surface area (Å²) in [6.07, 6.45) is 0. The first kappa shape index (κ1) is 13.7. The fourth-order valence-electron chi connectivity index (χ4n) is 2.47. The summed E-state index contributed by atoms with van der Waals surface area (Å²) in [5.74, 6) is 0. The van der Waals surface area contributed by atoms with Gasteiger partial charge in [-0.05, 0) is 39.0 Å². The van der Waals surface area contributed by atoms with E-state index in [1.807, 2.05) is 12.1 Å². The Morgan fingerprint density at radius 3 is 2.22 bits per heavy atom. The Morgan fingerprint density at radius 2 is 1.72 bits per heavy atom. The van der Waals surface area contributed by atoms with E-state index >= 15 is 0 Å². The lowest BCUT2D eigenvalue weighted by atomic mass is 10.1. The molecule has 0 aliphatic heterocycles. The van der Waals surface area contributed by atoms with Gasteiger partial charge in [-0.3, -0.25) is 0 Å². The zero-order chi connectivity index (χ0) is 13.7. The molecular weight excluding hydrogens is 258 g/mol. The second kappa shape index (κ2) is 4.14. The first-order valence-electron chi connectivity index (χ1n) is 6.43. The van der Waals surface area contributed by atoms with Gasteiger partial charge in [0.2, 0.25) is 0 Å². The van der Waals surface area contributed by atoms with E-state index in [0.29, 0.717) is 0 Å². The van der Waals surface area contributed by atoms with Gasteiger partial charge < -0.3 is 4.57 Å². The van der Waals surface area contributed by atoms with E-state index in [2.05, 4.69) is 57.1 Å². The van der Waals surface area contributed by atoms with Crippen molar-refractivity contribution in [3.05, 3.63) is 29.3 Å². The third kappa shape index (κ3) is 2.24. The molecule has 18 heavy (non-hydrogen) atoms. The van der Waals surface area contributed by atoms with Gasteiger partial charge in [0.1, 0.15) is 0 Å². The minimum Gasteiger partial charge on any atom is -0.343 e. The summed E-state index contributed by atoms with van der Waals surface area (Å²) in [6, 6.07) is 8.50. The van der Waals surface area contributed by atoms with Crippen LogP contribution in [0.3, 0.4) is 0 Å². The molecule has 0 radical (unpaired) electrons. The van der Waals surface area contributed by atoms with E-state index in [1.165, 1.54) is 16.2 Å². The van der Waals surface area contributed by atoms with Crippen LogP contribution >= 0.6 is 11.6 Å². The maximum atomic E-state index is 6.34. The van der Waals surface area contributed by atoms with Crippen molar-refractivity contribution in [3.8, 4) is 0 Å². The van der Waals surface area contributed by atoms with Crippen LogP contribution in [0.15, 0.2) is 24.3 Å². The van der Waals surface area contributed by atoms with Gasteiger partial charge in [0.25, 0.3) is 0 Å². The highest BCUT2D eigenvalue weighted by Crippen LogP contribution is 2.29. The van der Waals surface area contributed by atoms with Gasteiger partial charge in [0.15, 0.2) is 0 Å². The van der Waals surface area contributed by atoms with Crippen LogP contribution in [-0.4, -0.2) is 12.6 Å². The summed E-state index contributed by atoms with van der Waals surface area (Å²) in [7, 11) is -1.39. The van der Waals surface area contributed by atoms with E-state index in [-0.39, 0.29) is 5.54 Å². The Hall–Kier alpha value is -0.733. The summed E-state index contributed by atoms with van der Waals surface area (Å²) in [5, 5.41) is 3.51. The molecule has 0 spiro atoms. The minimum atomic E-state index is -1.39. The van der Waals surface area contributed by atoms with Gasteiger partial charge in [0.05, 0.1) is 8.07 Å². The van der Waals surface area contributed by atoms with Crippen molar-refractivity contribution < 1.29 is 0 Å². The first-order chi connectivity index (χ1) is 8.12. The highest BCUT2D eigenvalue weighted by Gasteiger charge is 2.28. The van der Waals surface area contributed by atoms with E-state index in [1.54, 1.807) is 0 Å². The molecule has 0 atom stereocenters. The predicted molar refractivity (Wildman–Crippen MR) is 84.9 cm³/mol.